The van der Waals surface area contributed by atoms with Gasteiger partial charge in [-0.25, -0.2) is 9.97 Å². The first-order chi connectivity index (χ1) is 15.2. The van der Waals surface area contributed by atoms with E-state index in [1.54, 1.807) is 0 Å². The molecule has 32 heavy (non-hydrogen) atoms. The van der Waals surface area contributed by atoms with Gasteiger partial charge in [-0.05, 0) is 36.7 Å². The van der Waals surface area contributed by atoms with Gasteiger partial charge in [0.25, 0.3) is 0 Å². The minimum atomic E-state index is 0.259. The Morgan fingerprint density at radius 3 is 2.31 bits per heavy atom. The molecule has 2 heterocycles. The number of hydrogen-bond acceptors (Lipinski definition) is 4. The van der Waals surface area contributed by atoms with E-state index in [-0.39, 0.29) is 5.41 Å². The van der Waals surface area contributed by atoms with Crippen LogP contribution < -0.4 is 4.90 Å². The van der Waals surface area contributed by atoms with Crippen molar-refractivity contribution in [2.45, 2.75) is 67.2 Å². The van der Waals surface area contributed by atoms with Crippen LogP contribution in [0.25, 0.3) is 0 Å². The fourth-order valence-electron chi connectivity index (χ4n) is 4.89. The second-order valence-corrected chi connectivity index (χ2v) is 10.5. The smallest absolute Gasteiger partial charge is 0.222 e. The highest BCUT2D eigenvalue weighted by Gasteiger charge is 2.26. The van der Waals surface area contributed by atoms with E-state index in [1.807, 2.05) is 11.8 Å². The summed E-state index contributed by atoms with van der Waals surface area (Å²) in [6.45, 7) is 16.2. The third kappa shape index (κ3) is 6.54. The van der Waals surface area contributed by atoms with Gasteiger partial charge in [0.1, 0.15) is 11.6 Å². The summed E-state index contributed by atoms with van der Waals surface area (Å²) in [7, 11) is 0. The molecule has 0 N–H and O–H groups in total. The molecule has 1 amide bonds. The Balaban J connectivity index is 1.71. The van der Waals surface area contributed by atoms with Gasteiger partial charge in [-0.1, -0.05) is 65.0 Å². The van der Waals surface area contributed by atoms with Crippen LogP contribution in [0.15, 0.2) is 30.3 Å². The second kappa shape index (κ2) is 10.5. The lowest BCUT2D eigenvalue weighted by Crippen LogP contribution is -2.49. The van der Waals surface area contributed by atoms with Crippen LogP contribution in [0.5, 0.6) is 0 Å². The summed E-state index contributed by atoms with van der Waals surface area (Å²) >= 11 is 0. The van der Waals surface area contributed by atoms with Gasteiger partial charge >= 0.3 is 0 Å². The van der Waals surface area contributed by atoms with E-state index in [4.69, 9.17) is 9.97 Å². The van der Waals surface area contributed by atoms with Crippen LogP contribution in [-0.4, -0.2) is 47.0 Å². The topological polar surface area (TPSA) is 49.3 Å². The fraction of sp³-hybridized carbons (Fsp3) is 0.593. The lowest BCUT2D eigenvalue weighted by Gasteiger charge is -2.37. The number of carbonyl (C=O) groups excluding carboxylic acids is 1. The number of piperazine rings is 1. The first kappa shape index (κ1) is 24.2. The van der Waals surface area contributed by atoms with Gasteiger partial charge in [0.2, 0.25) is 5.91 Å². The number of anilines is 1. The number of amides is 1. The van der Waals surface area contributed by atoms with Crippen LogP contribution >= 0.6 is 0 Å². The number of aromatic nitrogens is 2. The van der Waals surface area contributed by atoms with E-state index < -0.39 is 0 Å². The molecule has 1 unspecified atom stereocenters. The SMILES string of the molecule is CCc1nc(C)nc(N2CCN(C(=O)CC(C)CC(C)(C)C)CC2)c1Cc1ccccc1. The Bertz CT molecular complexity index is 896. The molecule has 5 heteroatoms. The van der Waals surface area contributed by atoms with E-state index in [0.717, 1.165) is 62.8 Å². The molecular weight excluding hydrogens is 396 g/mol. The van der Waals surface area contributed by atoms with Gasteiger partial charge in [-0.2, -0.15) is 0 Å². The second-order valence-electron chi connectivity index (χ2n) is 10.5. The van der Waals surface area contributed by atoms with E-state index in [0.29, 0.717) is 18.2 Å². The average molecular weight is 437 g/mol. The van der Waals surface area contributed by atoms with Gasteiger partial charge < -0.3 is 9.80 Å². The number of nitrogens with zero attached hydrogens (tertiary/aromatic N) is 4. The van der Waals surface area contributed by atoms with Gasteiger partial charge in [-0.3, -0.25) is 4.79 Å². The first-order valence-corrected chi connectivity index (χ1v) is 12.1. The maximum atomic E-state index is 12.9. The standard InChI is InChI=1S/C27H40N4O/c1-7-24-23(18-22-11-9-8-10-12-22)26(29-21(3)28-24)31-15-13-30(14-16-31)25(32)17-20(2)19-27(4,5)6/h8-12,20H,7,13-19H2,1-6H3. The van der Waals surface area contributed by atoms with Crippen molar-refractivity contribution in [3.05, 3.63) is 53.0 Å². The Labute approximate surface area is 194 Å². The van der Waals surface area contributed by atoms with Crippen LogP contribution in [0.1, 0.15) is 70.1 Å². The molecule has 2 aromatic rings. The van der Waals surface area contributed by atoms with E-state index in [9.17, 15) is 4.79 Å². The molecule has 0 spiro atoms. The summed E-state index contributed by atoms with van der Waals surface area (Å²) in [6.07, 6.45) is 3.44. The largest absolute Gasteiger partial charge is 0.353 e. The third-order valence-electron chi connectivity index (χ3n) is 6.16. The lowest BCUT2D eigenvalue weighted by molar-refractivity contribution is -0.132. The summed E-state index contributed by atoms with van der Waals surface area (Å²) in [4.78, 5) is 26.9. The number of hydrogen-bond donors (Lipinski definition) is 0. The molecule has 0 radical (unpaired) electrons. The Morgan fingerprint density at radius 2 is 1.72 bits per heavy atom. The number of benzene rings is 1. The predicted molar refractivity (Wildman–Crippen MR) is 132 cm³/mol. The van der Waals surface area contributed by atoms with Crippen molar-refractivity contribution in [2.24, 2.45) is 11.3 Å². The molecule has 1 atom stereocenters. The van der Waals surface area contributed by atoms with Crippen molar-refractivity contribution in [3.63, 3.8) is 0 Å². The van der Waals surface area contributed by atoms with Crippen LogP contribution in [-0.2, 0) is 17.6 Å². The molecule has 1 fully saturated rings. The van der Waals surface area contributed by atoms with Gasteiger partial charge in [0.05, 0.1) is 0 Å². The first-order valence-electron chi connectivity index (χ1n) is 12.1. The number of aryl methyl sites for hydroxylation is 2. The summed E-state index contributed by atoms with van der Waals surface area (Å²) in [5.41, 5.74) is 3.89. The molecule has 1 aromatic heterocycles. The van der Waals surface area contributed by atoms with Crippen molar-refractivity contribution in [3.8, 4) is 0 Å². The van der Waals surface area contributed by atoms with Crippen molar-refractivity contribution < 1.29 is 4.79 Å². The maximum Gasteiger partial charge on any atom is 0.222 e. The molecule has 1 aliphatic rings. The summed E-state index contributed by atoms with van der Waals surface area (Å²) in [5.74, 6) is 2.57. The summed E-state index contributed by atoms with van der Waals surface area (Å²) in [5, 5.41) is 0. The molecule has 1 aromatic carbocycles. The molecule has 1 saturated heterocycles. The number of rotatable bonds is 7. The zero-order valence-corrected chi connectivity index (χ0v) is 20.8. The lowest BCUT2D eigenvalue weighted by atomic mass is 9.84. The van der Waals surface area contributed by atoms with Crippen molar-refractivity contribution in [2.75, 3.05) is 31.1 Å². The van der Waals surface area contributed by atoms with Crippen LogP contribution in [0.3, 0.4) is 0 Å². The summed E-state index contributed by atoms with van der Waals surface area (Å²) in [6, 6.07) is 10.5. The summed E-state index contributed by atoms with van der Waals surface area (Å²) < 4.78 is 0. The van der Waals surface area contributed by atoms with E-state index in [1.165, 1.54) is 11.1 Å². The normalized spacial score (nSPS) is 15.7. The molecule has 3 rings (SSSR count). The molecule has 5 nitrogen and oxygen atoms in total. The molecule has 0 aliphatic carbocycles. The van der Waals surface area contributed by atoms with Crippen molar-refractivity contribution in [1.82, 2.24) is 14.9 Å². The fourth-order valence-corrected chi connectivity index (χ4v) is 4.89. The third-order valence-corrected chi connectivity index (χ3v) is 6.16. The average Bonchev–Trinajstić information content (AvgIpc) is 2.74. The molecule has 1 aliphatic heterocycles. The molecular formula is C27H40N4O. The van der Waals surface area contributed by atoms with Gasteiger partial charge in [0, 0.05) is 50.3 Å². The highest BCUT2D eigenvalue weighted by atomic mass is 16.2. The van der Waals surface area contributed by atoms with E-state index in [2.05, 4.69) is 69.9 Å². The maximum absolute atomic E-state index is 12.9. The van der Waals surface area contributed by atoms with Crippen LogP contribution in [0, 0.1) is 18.3 Å². The van der Waals surface area contributed by atoms with Crippen molar-refractivity contribution in [1.29, 1.82) is 0 Å². The van der Waals surface area contributed by atoms with Gasteiger partial charge in [0.15, 0.2) is 0 Å². The molecule has 0 bridgehead atoms. The Hall–Kier alpha value is -2.43. The quantitative estimate of drug-likeness (QED) is 0.609. The monoisotopic (exact) mass is 436 g/mol. The Kier molecular flexibility index (Phi) is 7.91. The predicted octanol–water partition coefficient (Wildman–Crippen LogP) is 5.05. The van der Waals surface area contributed by atoms with Crippen molar-refractivity contribution >= 4 is 11.7 Å². The Morgan fingerprint density at radius 1 is 1.06 bits per heavy atom. The molecule has 0 saturated carbocycles. The zero-order chi connectivity index (χ0) is 23.3. The highest BCUT2D eigenvalue weighted by Crippen LogP contribution is 2.28. The van der Waals surface area contributed by atoms with Crippen LogP contribution in [0.4, 0.5) is 5.82 Å². The zero-order valence-electron chi connectivity index (χ0n) is 20.8. The van der Waals surface area contributed by atoms with E-state index >= 15 is 0 Å². The molecule has 174 valence electrons. The van der Waals surface area contributed by atoms with Crippen LogP contribution in [0.2, 0.25) is 0 Å². The minimum absolute atomic E-state index is 0.259. The van der Waals surface area contributed by atoms with Gasteiger partial charge in [-0.15, -0.1) is 0 Å². The minimum Gasteiger partial charge on any atom is -0.353 e. The highest BCUT2D eigenvalue weighted by molar-refractivity contribution is 5.76. The number of carbonyl (C=O) groups is 1.